The quantitative estimate of drug-likeness (QED) is 0.177. The Kier molecular flexibility index (Phi) is 7.40. The fourth-order valence-corrected chi connectivity index (χ4v) is 12.3. The summed E-state index contributed by atoms with van der Waals surface area (Å²) < 4.78 is 9.21. The topological polar surface area (TPSA) is 16.4 Å². The highest BCUT2D eigenvalue weighted by Crippen LogP contribution is 2.59. The van der Waals surface area contributed by atoms with Gasteiger partial charge in [-0.15, -0.1) is 11.3 Å². The zero-order valence-corrected chi connectivity index (χ0v) is 36.7. The van der Waals surface area contributed by atoms with E-state index >= 15 is 0 Å². The van der Waals surface area contributed by atoms with Gasteiger partial charge in [0.1, 0.15) is 11.2 Å². The number of para-hydroxylation sites is 1. The minimum atomic E-state index is -0.215. The van der Waals surface area contributed by atoms with Crippen molar-refractivity contribution in [1.82, 2.24) is 0 Å². The van der Waals surface area contributed by atoms with Crippen molar-refractivity contribution < 1.29 is 4.42 Å². The summed E-state index contributed by atoms with van der Waals surface area (Å²) in [6, 6.07) is 48.1. The minimum absolute atomic E-state index is 0.0168. The van der Waals surface area contributed by atoms with Crippen LogP contribution in [0.5, 0.6) is 0 Å². The monoisotopic (exact) mass is 785 g/mol. The van der Waals surface area contributed by atoms with Gasteiger partial charge in [0.15, 0.2) is 0 Å². The normalized spacial score (nSPS) is 15.2. The highest BCUT2D eigenvalue weighted by Gasteiger charge is 2.41. The van der Waals surface area contributed by atoms with Crippen molar-refractivity contribution in [3.8, 4) is 22.3 Å². The van der Waals surface area contributed by atoms with Crippen LogP contribution in [0.25, 0.3) is 64.4 Å². The summed E-state index contributed by atoms with van der Waals surface area (Å²) in [4.78, 5) is 2.52. The Bertz CT molecular complexity index is 3240. The van der Waals surface area contributed by atoms with Crippen LogP contribution in [0.2, 0.25) is 0 Å². The molecule has 0 atom stereocenters. The molecule has 11 rings (SSSR count). The number of hydrogen-bond acceptors (Lipinski definition) is 3. The van der Waals surface area contributed by atoms with Crippen LogP contribution < -0.4 is 4.90 Å². The van der Waals surface area contributed by atoms with Gasteiger partial charge in [-0.25, -0.2) is 0 Å². The maximum absolute atomic E-state index is 6.37. The molecular weight excluding hydrogens is 735 g/mol. The molecule has 9 aromatic rings. The third-order valence-corrected chi connectivity index (χ3v) is 15.0. The molecule has 0 saturated carbocycles. The molecule has 59 heavy (non-hydrogen) atoms. The smallest absolute Gasteiger partial charge is 0.135 e. The van der Waals surface area contributed by atoms with Crippen LogP contribution in [0.15, 0.2) is 132 Å². The van der Waals surface area contributed by atoms with E-state index in [0.717, 1.165) is 33.3 Å². The van der Waals surface area contributed by atoms with Crippen molar-refractivity contribution in [3.05, 3.63) is 161 Å². The van der Waals surface area contributed by atoms with E-state index in [1.54, 1.807) is 0 Å². The number of fused-ring (bicyclic) bond motifs is 13. The van der Waals surface area contributed by atoms with Gasteiger partial charge >= 0.3 is 0 Å². The Labute approximate surface area is 352 Å². The first-order valence-electron chi connectivity index (χ1n) is 21.2. The van der Waals surface area contributed by atoms with Gasteiger partial charge in [0.2, 0.25) is 0 Å². The molecule has 0 N–H and O–H groups in total. The second-order valence-electron chi connectivity index (χ2n) is 20.2. The standard InChI is InChI=1S/C56H51NOS/c1-53(2,3)32-28-41-38-25-26-39-49-43(56(9,10)50(39)52(38)59-51(41)45(29-32)54(4,5)6)19-15-20-46(49)57(33-23-27-48-40(30-33)37-17-12-14-21-47(37)58-48)34-22-24-36-35-16-11-13-18-42(35)55(7,8)44(36)31-34/h11-31H,1-10H3. The van der Waals surface area contributed by atoms with Crippen LogP contribution >= 0.6 is 11.3 Å². The summed E-state index contributed by atoms with van der Waals surface area (Å²) in [7, 11) is 0. The zero-order chi connectivity index (χ0) is 41.0. The molecule has 2 aliphatic rings. The van der Waals surface area contributed by atoms with Crippen LogP contribution in [0, 0.1) is 0 Å². The largest absolute Gasteiger partial charge is 0.456 e. The summed E-state index contributed by atoms with van der Waals surface area (Å²) in [6.45, 7) is 23.8. The zero-order valence-electron chi connectivity index (χ0n) is 35.9. The van der Waals surface area contributed by atoms with Gasteiger partial charge in [-0.1, -0.05) is 148 Å². The van der Waals surface area contributed by atoms with Crippen molar-refractivity contribution in [2.45, 2.75) is 90.9 Å². The Hall–Kier alpha value is -5.64. The Morgan fingerprint density at radius 3 is 1.97 bits per heavy atom. The Morgan fingerprint density at radius 2 is 1.17 bits per heavy atom. The molecule has 0 fully saturated rings. The summed E-state index contributed by atoms with van der Waals surface area (Å²) in [6.07, 6.45) is 0. The van der Waals surface area contributed by atoms with Crippen LogP contribution in [0.1, 0.15) is 103 Å². The van der Waals surface area contributed by atoms with E-state index in [1.165, 1.54) is 81.5 Å². The molecular formula is C56H51NOS. The number of rotatable bonds is 3. The lowest BCUT2D eigenvalue weighted by atomic mass is 9.79. The molecule has 0 saturated heterocycles. The fourth-order valence-electron chi connectivity index (χ4n) is 10.5. The number of nitrogens with zero attached hydrogens (tertiary/aromatic N) is 1. The van der Waals surface area contributed by atoms with E-state index in [2.05, 4.69) is 202 Å². The van der Waals surface area contributed by atoms with E-state index in [1.807, 2.05) is 11.3 Å². The number of benzene rings is 7. The maximum Gasteiger partial charge on any atom is 0.135 e. The molecule has 0 unspecified atom stereocenters. The van der Waals surface area contributed by atoms with E-state index in [0.29, 0.717) is 0 Å². The lowest BCUT2D eigenvalue weighted by Gasteiger charge is -2.30. The fraction of sp³-hybridized carbons (Fsp3) is 0.250. The third-order valence-electron chi connectivity index (χ3n) is 13.7. The Morgan fingerprint density at radius 1 is 0.492 bits per heavy atom. The average Bonchev–Trinajstić information content (AvgIpc) is 3.89. The molecule has 2 nitrogen and oxygen atoms in total. The first kappa shape index (κ1) is 36.4. The van der Waals surface area contributed by atoms with E-state index < -0.39 is 0 Å². The molecule has 0 aliphatic heterocycles. The van der Waals surface area contributed by atoms with E-state index in [9.17, 15) is 0 Å². The number of thiophene rings is 1. The summed E-state index contributed by atoms with van der Waals surface area (Å²) >= 11 is 2.01. The molecule has 3 heteroatoms. The minimum Gasteiger partial charge on any atom is -0.456 e. The van der Waals surface area contributed by atoms with E-state index in [-0.39, 0.29) is 21.7 Å². The highest BCUT2D eigenvalue weighted by atomic mass is 32.1. The molecule has 2 heterocycles. The number of anilines is 3. The van der Waals surface area contributed by atoms with Gasteiger partial charge in [-0.2, -0.15) is 0 Å². The summed E-state index contributed by atoms with van der Waals surface area (Å²) in [5.41, 5.74) is 18.7. The van der Waals surface area contributed by atoms with Crippen LogP contribution in [0.3, 0.4) is 0 Å². The van der Waals surface area contributed by atoms with Crippen molar-refractivity contribution in [2.75, 3.05) is 4.90 Å². The summed E-state index contributed by atoms with van der Waals surface area (Å²) in [5, 5.41) is 5.02. The predicted octanol–water partition coefficient (Wildman–Crippen LogP) is 16.6. The van der Waals surface area contributed by atoms with Gasteiger partial charge in [-0.3, -0.25) is 0 Å². The summed E-state index contributed by atoms with van der Waals surface area (Å²) in [5.74, 6) is 0. The second-order valence-corrected chi connectivity index (χ2v) is 21.2. The molecule has 2 aromatic heterocycles. The predicted molar refractivity (Wildman–Crippen MR) is 254 cm³/mol. The molecule has 7 aromatic carbocycles. The van der Waals surface area contributed by atoms with Crippen molar-refractivity contribution in [3.63, 3.8) is 0 Å². The molecule has 2 aliphatic carbocycles. The lowest BCUT2D eigenvalue weighted by molar-refractivity contribution is 0.573. The van der Waals surface area contributed by atoms with Crippen molar-refractivity contribution in [2.24, 2.45) is 0 Å². The molecule has 0 amide bonds. The van der Waals surface area contributed by atoms with Crippen molar-refractivity contribution >= 4 is 70.5 Å². The second kappa shape index (κ2) is 12.0. The van der Waals surface area contributed by atoms with Gasteiger partial charge < -0.3 is 9.32 Å². The molecule has 0 bridgehead atoms. The van der Waals surface area contributed by atoms with Gasteiger partial charge in [0, 0.05) is 58.7 Å². The van der Waals surface area contributed by atoms with Crippen molar-refractivity contribution in [1.29, 1.82) is 0 Å². The van der Waals surface area contributed by atoms with Crippen LogP contribution in [0.4, 0.5) is 17.1 Å². The first-order chi connectivity index (χ1) is 28.0. The Balaban J connectivity index is 1.18. The van der Waals surface area contributed by atoms with E-state index in [4.69, 9.17) is 4.42 Å². The molecule has 0 spiro atoms. The first-order valence-corrected chi connectivity index (χ1v) is 22.0. The number of hydrogen-bond donors (Lipinski definition) is 0. The highest BCUT2D eigenvalue weighted by molar-refractivity contribution is 7.26. The average molecular weight is 786 g/mol. The van der Waals surface area contributed by atoms with Crippen LogP contribution in [-0.2, 0) is 21.7 Å². The molecule has 0 radical (unpaired) electrons. The third kappa shape index (κ3) is 5.10. The van der Waals surface area contributed by atoms with Gasteiger partial charge in [0.05, 0.1) is 5.69 Å². The lowest BCUT2D eigenvalue weighted by Crippen LogP contribution is -2.17. The van der Waals surface area contributed by atoms with Gasteiger partial charge in [-0.05, 0) is 109 Å². The SMILES string of the molecule is CC(C)(C)c1cc(C(C)(C)C)c2sc3c4c(ccc3c2c1)-c1c(N(c2ccc3c(c2)C(C)(C)c2ccccc2-3)c2ccc3oc5ccccc5c3c2)cccc1C4(C)C. The van der Waals surface area contributed by atoms with Crippen LogP contribution in [-0.4, -0.2) is 0 Å². The molecule has 292 valence electrons. The number of furan rings is 1. The maximum atomic E-state index is 6.37. The van der Waals surface area contributed by atoms with Gasteiger partial charge in [0.25, 0.3) is 0 Å².